The van der Waals surface area contributed by atoms with Gasteiger partial charge in [0, 0.05) is 42.0 Å². The third-order valence-electron chi connectivity index (χ3n) is 7.14. The summed E-state index contributed by atoms with van der Waals surface area (Å²) < 4.78 is 35.1. The second kappa shape index (κ2) is 12.5. The summed E-state index contributed by atoms with van der Waals surface area (Å²) >= 11 is 6.29. The van der Waals surface area contributed by atoms with Gasteiger partial charge in [0.05, 0.1) is 17.9 Å². The quantitative estimate of drug-likeness (QED) is 0.275. The van der Waals surface area contributed by atoms with E-state index in [0.29, 0.717) is 17.3 Å². The molecule has 0 saturated heterocycles. The van der Waals surface area contributed by atoms with Gasteiger partial charge in [-0.05, 0) is 70.2 Å². The zero-order chi connectivity index (χ0) is 30.8. The van der Waals surface area contributed by atoms with Crippen LogP contribution < -0.4 is 15.9 Å². The summed E-state index contributed by atoms with van der Waals surface area (Å²) in [5.74, 6) is -1.67. The Balaban J connectivity index is 1.71. The van der Waals surface area contributed by atoms with Crippen molar-refractivity contribution in [2.45, 2.75) is 58.8 Å². The van der Waals surface area contributed by atoms with Crippen molar-refractivity contribution in [2.75, 3.05) is 0 Å². The second-order valence-corrected chi connectivity index (χ2v) is 10.8. The number of nitrogens with zero attached hydrogens (tertiary/aromatic N) is 4. The summed E-state index contributed by atoms with van der Waals surface area (Å²) in [4.78, 5) is 34.7. The minimum absolute atomic E-state index is 0.0196. The van der Waals surface area contributed by atoms with Gasteiger partial charge < -0.3 is 14.9 Å². The maximum atomic E-state index is 14.0. The fourth-order valence-electron chi connectivity index (χ4n) is 4.21. The van der Waals surface area contributed by atoms with Gasteiger partial charge in [-0.25, -0.2) is 13.8 Å². The Labute approximate surface area is 245 Å². The van der Waals surface area contributed by atoms with Gasteiger partial charge in [0.15, 0.2) is 5.82 Å². The fourth-order valence-corrected chi connectivity index (χ4v) is 4.41. The number of ether oxygens (including phenoxy) is 1. The Morgan fingerprint density at radius 3 is 2.67 bits per heavy atom. The van der Waals surface area contributed by atoms with Crippen LogP contribution in [0.2, 0.25) is 5.02 Å². The molecular weight excluding hydrogens is 570 g/mol. The van der Waals surface area contributed by atoms with Crippen LogP contribution in [0.5, 0.6) is 5.75 Å². The Bertz CT molecular complexity index is 1700. The monoisotopic (exact) mass is 600 g/mol. The van der Waals surface area contributed by atoms with E-state index in [0.717, 1.165) is 19.0 Å². The van der Waals surface area contributed by atoms with E-state index in [1.54, 1.807) is 39.8 Å². The van der Waals surface area contributed by atoms with E-state index in [1.807, 2.05) is 0 Å². The van der Waals surface area contributed by atoms with Gasteiger partial charge in [-0.3, -0.25) is 23.7 Å². The van der Waals surface area contributed by atoms with Crippen LogP contribution >= 0.6 is 11.6 Å². The molecule has 42 heavy (non-hydrogen) atoms. The first-order valence-electron chi connectivity index (χ1n) is 13.2. The Morgan fingerprint density at radius 2 is 2.02 bits per heavy atom. The highest BCUT2D eigenvalue weighted by Gasteiger charge is 2.43. The highest BCUT2D eigenvalue weighted by molar-refractivity contribution is 6.31. The molecule has 0 aliphatic heterocycles. The summed E-state index contributed by atoms with van der Waals surface area (Å²) in [6.45, 7) is 6.09. The number of halogens is 3. The van der Waals surface area contributed by atoms with Gasteiger partial charge >= 0.3 is 0 Å². The third kappa shape index (κ3) is 6.75. The molecule has 12 heteroatoms. The first-order chi connectivity index (χ1) is 19.8. The van der Waals surface area contributed by atoms with Crippen LogP contribution in [-0.4, -0.2) is 36.3 Å². The molecule has 222 valence electrons. The number of aliphatic hydroxyl groups is 2. The average molecular weight is 601 g/mol. The number of aliphatic imine (C=N–C) groups is 1. The van der Waals surface area contributed by atoms with E-state index in [-0.39, 0.29) is 40.4 Å². The van der Waals surface area contributed by atoms with E-state index in [9.17, 15) is 28.6 Å². The number of aromatic nitrogens is 3. The van der Waals surface area contributed by atoms with E-state index in [2.05, 4.69) is 9.98 Å². The number of aryl methyl sites for hydroxylation is 1. The van der Waals surface area contributed by atoms with Crippen molar-refractivity contribution in [3.05, 3.63) is 109 Å². The molecule has 0 unspecified atom stereocenters. The van der Waals surface area contributed by atoms with Crippen molar-refractivity contribution >= 4 is 23.6 Å². The number of allylic oxidation sites excluding steroid dienone is 1. The molecule has 0 radical (unpaired) electrons. The predicted octanol–water partition coefficient (Wildman–Crippen LogP) is 4.54. The van der Waals surface area contributed by atoms with Gasteiger partial charge in [-0.15, -0.1) is 0 Å². The summed E-state index contributed by atoms with van der Waals surface area (Å²) in [6, 6.07) is 5.34. The van der Waals surface area contributed by atoms with Crippen molar-refractivity contribution in [1.29, 1.82) is 0 Å². The minimum atomic E-state index is -1.32. The van der Waals surface area contributed by atoms with Crippen LogP contribution in [0.3, 0.4) is 0 Å². The van der Waals surface area contributed by atoms with Crippen LogP contribution in [0.4, 0.5) is 8.78 Å². The smallest absolute Gasteiger partial charge is 0.277 e. The molecule has 3 aromatic rings. The molecular formula is C30H31ClF2N4O5. The Hall–Kier alpha value is -3.93. The molecule has 3 heterocycles. The lowest BCUT2D eigenvalue weighted by atomic mass is 9.92. The van der Waals surface area contributed by atoms with Gasteiger partial charge in [0.2, 0.25) is 0 Å². The first kappa shape index (κ1) is 31.0. The van der Waals surface area contributed by atoms with Crippen molar-refractivity contribution in [3.63, 3.8) is 0 Å². The van der Waals surface area contributed by atoms with Crippen molar-refractivity contribution in [2.24, 2.45) is 10.9 Å². The molecule has 2 atom stereocenters. The summed E-state index contributed by atoms with van der Waals surface area (Å²) in [5.41, 5.74) is -1.49. The van der Waals surface area contributed by atoms with Crippen molar-refractivity contribution in [1.82, 2.24) is 14.1 Å². The Kier molecular flexibility index (Phi) is 9.24. The SMILES string of the molecule is C/C(=C/N=C(/C=C/n1c(C)cc(OCc2ncc(F)cc2F)c(Cl)c1=O)n1cccc([C@@](C)(O)C2CC2)c1=O)[C@H](C)O. The molecule has 4 rings (SSSR count). The number of hydrogen-bond acceptors (Lipinski definition) is 7. The molecule has 3 aromatic heterocycles. The van der Waals surface area contributed by atoms with Crippen LogP contribution in [0.15, 0.2) is 69.1 Å². The van der Waals surface area contributed by atoms with E-state index < -0.39 is 34.5 Å². The van der Waals surface area contributed by atoms with Crippen LogP contribution in [0, 0.1) is 24.5 Å². The van der Waals surface area contributed by atoms with Crippen molar-refractivity contribution < 1.29 is 23.7 Å². The largest absolute Gasteiger partial charge is 0.485 e. The molecule has 0 aromatic carbocycles. The van der Waals surface area contributed by atoms with Crippen LogP contribution in [-0.2, 0) is 12.2 Å². The molecule has 1 aliphatic rings. The molecule has 2 N–H and O–H groups in total. The van der Waals surface area contributed by atoms with Crippen LogP contribution in [0.1, 0.15) is 50.6 Å². The number of hydrogen-bond donors (Lipinski definition) is 2. The molecule has 1 aliphatic carbocycles. The average Bonchev–Trinajstić information content (AvgIpc) is 3.79. The summed E-state index contributed by atoms with van der Waals surface area (Å²) in [6.07, 6.45) is 7.39. The molecule has 1 fully saturated rings. The topological polar surface area (TPSA) is 119 Å². The zero-order valence-corrected chi connectivity index (χ0v) is 24.3. The minimum Gasteiger partial charge on any atom is -0.485 e. The Morgan fingerprint density at radius 1 is 1.31 bits per heavy atom. The molecule has 9 nitrogen and oxygen atoms in total. The molecule has 0 bridgehead atoms. The van der Waals surface area contributed by atoms with Crippen molar-refractivity contribution in [3.8, 4) is 5.75 Å². The third-order valence-corrected chi connectivity index (χ3v) is 7.48. The summed E-state index contributed by atoms with van der Waals surface area (Å²) in [5, 5.41) is 20.6. The zero-order valence-electron chi connectivity index (χ0n) is 23.5. The van der Waals surface area contributed by atoms with Crippen LogP contribution in [0.25, 0.3) is 6.20 Å². The van der Waals surface area contributed by atoms with Gasteiger partial charge in [-0.2, -0.15) is 0 Å². The van der Waals surface area contributed by atoms with Gasteiger partial charge in [0.1, 0.15) is 34.7 Å². The van der Waals surface area contributed by atoms with E-state index in [1.165, 1.54) is 39.9 Å². The standard InChI is InChI=1S/C30H31ClF2N4O5/c1-17(19(3)38)14-35-26(37-10-5-6-22(28(37)39)30(4,41)20-7-8-20)9-11-36-18(2)12-25(27(31)29(36)40)42-16-24-23(33)13-21(32)15-34-24/h5-6,9-15,19-20,38,41H,7-8,16H2,1-4H3/b11-9+,17-14-,35-26-/t19-,30-/m0/s1. The number of pyridine rings is 3. The highest BCUT2D eigenvalue weighted by Crippen LogP contribution is 2.44. The lowest BCUT2D eigenvalue weighted by molar-refractivity contribution is 0.0315. The second-order valence-electron chi connectivity index (χ2n) is 10.4. The molecule has 0 amide bonds. The predicted molar refractivity (Wildman–Crippen MR) is 156 cm³/mol. The van der Waals surface area contributed by atoms with Gasteiger partial charge in [0.25, 0.3) is 11.1 Å². The maximum Gasteiger partial charge on any atom is 0.277 e. The first-order valence-corrected chi connectivity index (χ1v) is 13.6. The fraction of sp³-hybridized carbons (Fsp3) is 0.333. The van der Waals surface area contributed by atoms with E-state index >= 15 is 0 Å². The highest BCUT2D eigenvalue weighted by atomic mass is 35.5. The summed E-state index contributed by atoms with van der Waals surface area (Å²) in [7, 11) is 0. The lowest BCUT2D eigenvalue weighted by Gasteiger charge is -2.23. The molecule has 1 saturated carbocycles. The molecule has 0 spiro atoms. The number of rotatable bonds is 9. The maximum absolute atomic E-state index is 14.0. The normalized spacial score (nSPS) is 16.5. The van der Waals surface area contributed by atoms with Gasteiger partial charge in [-0.1, -0.05) is 11.6 Å². The lowest BCUT2D eigenvalue weighted by Crippen LogP contribution is -2.37. The van der Waals surface area contributed by atoms with E-state index in [4.69, 9.17) is 16.3 Å². The number of aliphatic hydroxyl groups excluding tert-OH is 1.